The molecule has 0 spiro atoms. The molecule has 0 unspecified atom stereocenters. The minimum absolute atomic E-state index is 0.000341. The maximum atomic E-state index is 12.1. The summed E-state index contributed by atoms with van der Waals surface area (Å²) >= 11 is 0. The zero-order valence-electron chi connectivity index (χ0n) is 16.4. The van der Waals surface area contributed by atoms with E-state index < -0.39 is 6.10 Å². The quantitative estimate of drug-likeness (QED) is 0.777. The van der Waals surface area contributed by atoms with Gasteiger partial charge in [0.05, 0.1) is 19.1 Å². The van der Waals surface area contributed by atoms with Gasteiger partial charge >= 0.3 is 0 Å². The van der Waals surface area contributed by atoms with Gasteiger partial charge in [0, 0.05) is 37.7 Å². The largest absolute Gasteiger partial charge is 0.487 e. The summed E-state index contributed by atoms with van der Waals surface area (Å²) in [5, 5.41) is 12.8. The molecular formula is C21H28N2O5. The van der Waals surface area contributed by atoms with Crippen molar-refractivity contribution in [3.8, 4) is 5.75 Å². The molecule has 1 saturated heterocycles. The van der Waals surface area contributed by atoms with Crippen LogP contribution in [0.25, 0.3) is 0 Å². The van der Waals surface area contributed by atoms with Crippen molar-refractivity contribution in [1.82, 2.24) is 4.90 Å². The third-order valence-corrected chi connectivity index (χ3v) is 5.86. The van der Waals surface area contributed by atoms with E-state index in [1.807, 2.05) is 18.2 Å². The van der Waals surface area contributed by atoms with E-state index in [1.165, 1.54) is 0 Å². The SMILES string of the molecule is CN(C)C(=O)C[C@H]1C[C@H]2c3cc(NC(=O)CC4CC4)ccc3O[C@H]2[C@H](CO)O1. The van der Waals surface area contributed by atoms with Crippen molar-refractivity contribution >= 4 is 17.5 Å². The number of hydrogen-bond acceptors (Lipinski definition) is 5. The van der Waals surface area contributed by atoms with E-state index in [0.717, 1.165) is 29.8 Å². The van der Waals surface area contributed by atoms with Crippen LogP contribution in [0.4, 0.5) is 5.69 Å². The molecule has 2 amide bonds. The van der Waals surface area contributed by atoms with E-state index >= 15 is 0 Å². The topological polar surface area (TPSA) is 88.1 Å². The molecule has 3 aliphatic rings. The van der Waals surface area contributed by atoms with E-state index in [1.54, 1.807) is 19.0 Å². The first-order valence-corrected chi connectivity index (χ1v) is 10.0. The number of fused-ring (bicyclic) bond motifs is 3. The number of carbonyl (C=O) groups excluding carboxylic acids is 2. The van der Waals surface area contributed by atoms with Gasteiger partial charge in [0.25, 0.3) is 0 Å². The molecule has 7 heteroatoms. The summed E-state index contributed by atoms with van der Waals surface area (Å²) in [7, 11) is 3.45. The van der Waals surface area contributed by atoms with E-state index in [9.17, 15) is 14.7 Å². The molecule has 1 aliphatic carbocycles. The Morgan fingerprint density at radius 1 is 1.25 bits per heavy atom. The number of anilines is 1. The molecule has 0 bridgehead atoms. The van der Waals surface area contributed by atoms with Crippen LogP contribution in [0.5, 0.6) is 5.75 Å². The smallest absolute Gasteiger partial charge is 0.224 e. The maximum Gasteiger partial charge on any atom is 0.224 e. The Bertz CT molecular complexity index is 761. The molecule has 1 saturated carbocycles. The Morgan fingerprint density at radius 3 is 2.71 bits per heavy atom. The summed E-state index contributed by atoms with van der Waals surface area (Å²) in [6, 6.07) is 5.69. The summed E-state index contributed by atoms with van der Waals surface area (Å²) in [5.41, 5.74) is 1.78. The molecule has 1 aromatic rings. The fraction of sp³-hybridized carbons (Fsp3) is 0.619. The fourth-order valence-corrected chi connectivity index (χ4v) is 4.14. The van der Waals surface area contributed by atoms with Crippen LogP contribution in [0.3, 0.4) is 0 Å². The van der Waals surface area contributed by atoms with Crippen LogP contribution in [0, 0.1) is 5.92 Å². The predicted octanol–water partition coefficient (Wildman–Crippen LogP) is 1.90. The molecule has 2 fully saturated rings. The fourth-order valence-electron chi connectivity index (χ4n) is 4.14. The average Bonchev–Trinajstić information content (AvgIpc) is 3.39. The molecule has 152 valence electrons. The van der Waals surface area contributed by atoms with Gasteiger partial charge in [0.2, 0.25) is 11.8 Å². The number of nitrogens with one attached hydrogen (secondary N) is 1. The Balaban J connectivity index is 1.50. The lowest BCUT2D eigenvalue weighted by Crippen LogP contribution is -2.47. The minimum atomic E-state index is -0.473. The highest BCUT2D eigenvalue weighted by atomic mass is 16.6. The third kappa shape index (κ3) is 4.00. The molecule has 0 radical (unpaired) electrons. The standard InChI is InChI=1S/C21H28N2O5/c1-23(2)20(26)10-14-9-16-15-8-13(22-19(25)7-12-3-4-12)5-6-17(15)28-21(16)18(11-24)27-14/h5-6,8,12,14,16,18,21,24H,3-4,7,9-11H2,1-2H3,(H,22,25)/t14-,16+,18+,21-/m1/s1. The zero-order valence-corrected chi connectivity index (χ0v) is 16.4. The van der Waals surface area contributed by atoms with Gasteiger partial charge in [-0.25, -0.2) is 0 Å². The van der Waals surface area contributed by atoms with Crippen LogP contribution in [0.15, 0.2) is 18.2 Å². The van der Waals surface area contributed by atoms with Gasteiger partial charge < -0.3 is 24.8 Å². The number of ether oxygens (including phenoxy) is 2. The van der Waals surface area contributed by atoms with Gasteiger partial charge in [-0.2, -0.15) is 0 Å². The van der Waals surface area contributed by atoms with Crippen LogP contribution in [0.1, 0.15) is 43.6 Å². The number of benzene rings is 1. The van der Waals surface area contributed by atoms with Crippen LogP contribution in [0.2, 0.25) is 0 Å². The molecule has 4 rings (SSSR count). The summed E-state index contributed by atoms with van der Waals surface area (Å²) < 4.78 is 12.0. The number of nitrogens with zero attached hydrogens (tertiary/aromatic N) is 1. The van der Waals surface area contributed by atoms with Crippen LogP contribution in [-0.2, 0) is 14.3 Å². The first-order valence-electron chi connectivity index (χ1n) is 10.0. The summed E-state index contributed by atoms with van der Waals surface area (Å²) in [6.45, 7) is -0.160. The summed E-state index contributed by atoms with van der Waals surface area (Å²) in [5.74, 6) is 1.38. The average molecular weight is 388 g/mol. The second-order valence-electron chi connectivity index (χ2n) is 8.34. The highest BCUT2D eigenvalue weighted by molar-refractivity contribution is 5.91. The summed E-state index contributed by atoms with van der Waals surface area (Å²) in [4.78, 5) is 25.8. The number of aliphatic hydroxyl groups excluding tert-OH is 1. The van der Waals surface area contributed by atoms with Crippen LogP contribution < -0.4 is 10.1 Å². The zero-order chi connectivity index (χ0) is 19.8. The number of amides is 2. The number of rotatable bonds is 6. The van der Waals surface area contributed by atoms with Crippen molar-refractivity contribution in [1.29, 1.82) is 0 Å². The van der Waals surface area contributed by atoms with Gasteiger partial charge in [-0.1, -0.05) is 0 Å². The molecule has 2 aliphatic heterocycles. The third-order valence-electron chi connectivity index (χ3n) is 5.86. The van der Waals surface area contributed by atoms with Crippen molar-refractivity contribution < 1.29 is 24.2 Å². The predicted molar refractivity (Wildman–Crippen MR) is 103 cm³/mol. The second kappa shape index (κ2) is 7.72. The Kier molecular flexibility index (Phi) is 5.29. The van der Waals surface area contributed by atoms with Gasteiger partial charge in [-0.3, -0.25) is 9.59 Å². The van der Waals surface area contributed by atoms with E-state index in [2.05, 4.69) is 5.32 Å². The van der Waals surface area contributed by atoms with Gasteiger partial charge in [0.1, 0.15) is 18.0 Å². The summed E-state index contributed by atoms with van der Waals surface area (Å²) in [6.07, 6.45) is 2.77. The molecule has 7 nitrogen and oxygen atoms in total. The number of aliphatic hydroxyl groups is 1. The van der Waals surface area contributed by atoms with Gasteiger partial charge in [-0.15, -0.1) is 0 Å². The van der Waals surface area contributed by atoms with Crippen LogP contribution >= 0.6 is 0 Å². The number of carbonyl (C=O) groups is 2. The van der Waals surface area contributed by atoms with Crippen molar-refractivity contribution in [2.45, 2.75) is 56.3 Å². The first kappa shape index (κ1) is 19.2. The van der Waals surface area contributed by atoms with E-state index in [4.69, 9.17) is 9.47 Å². The maximum absolute atomic E-state index is 12.1. The lowest BCUT2D eigenvalue weighted by Gasteiger charge is -2.37. The Hall–Kier alpha value is -2.12. The van der Waals surface area contributed by atoms with Crippen LogP contribution in [-0.4, -0.2) is 60.8 Å². The molecule has 4 atom stereocenters. The normalized spacial score (nSPS) is 28.1. The molecule has 2 N–H and O–H groups in total. The first-order chi connectivity index (χ1) is 13.4. The van der Waals surface area contributed by atoms with Gasteiger partial charge in [-0.05, 0) is 43.4 Å². The lowest BCUT2D eigenvalue weighted by atomic mass is 9.84. The van der Waals surface area contributed by atoms with Crippen molar-refractivity contribution in [2.24, 2.45) is 5.92 Å². The highest BCUT2D eigenvalue weighted by Gasteiger charge is 2.46. The van der Waals surface area contributed by atoms with E-state index in [0.29, 0.717) is 18.8 Å². The van der Waals surface area contributed by atoms with Crippen molar-refractivity contribution in [2.75, 3.05) is 26.0 Å². The van der Waals surface area contributed by atoms with E-state index in [-0.39, 0.29) is 43.0 Å². The van der Waals surface area contributed by atoms with Crippen molar-refractivity contribution in [3.63, 3.8) is 0 Å². The Morgan fingerprint density at radius 2 is 2.04 bits per heavy atom. The Labute approximate surface area is 165 Å². The molecule has 1 aromatic carbocycles. The number of hydrogen-bond donors (Lipinski definition) is 2. The molecular weight excluding hydrogens is 360 g/mol. The molecule has 2 heterocycles. The second-order valence-corrected chi connectivity index (χ2v) is 8.34. The minimum Gasteiger partial charge on any atom is -0.487 e. The molecule has 0 aromatic heterocycles. The lowest BCUT2D eigenvalue weighted by molar-refractivity contribution is -0.147. The molecule has 28 heavy (non-hydrogen) atoms. The monoisotopic (exact) mass is 388 g/mol. The van der Waals surface area contributed by atoms with Crippen molar-refractivity contribution in [3.05, 3.63) is 23.8 Å². The highest BCUT2D eigenvalue weighted by Crippen LogP contribution is 2.47. The van der Waals surface area contributed by atoms with Gasteiger partial charge in [0.15, 0.2) is 0 Å².